The summed E-state index contributed by atoms with van der Waals surface area (Å²) in [4.78, 5) is 35.8. The highest BCUT2D eigenvalue weighted by Crippen LogP contribution is 2.33. The first-order valence-electron chi connectivity index (χ1n) is 7.47. The Morgan fingerprint density at radius 3 is 2.52 bits per heavy atom. The Kier molecular flexibility index (Phi) is 4.79. The molecule has 0 spiro atoms. The lowest BCUT2D eigenvalue weighted by Gasteiger charge is -2.20. The number of hydrogen-bond donors (Lipinski definition) is 2. The van der Waals surface area contributed by atoms with E-state index in [9.17, 15) is 14.4 Å². The quantitative estimate of drug-likeness (QED) is 0.791. The van der Waals surface area contributed by atoms with Gasteiger partial charge < -0.3 is 10.4 Å². The van der Waals surface area contributed by atoms with Gasteiger partial charge in [-0.1, -0.05) is 35.3 Å². The third-order valence-electron chi connectivity index (χ3n) is 4.10. The number of halogens is 2. The van der Waals surface area contributed by atoms with Gasteiger partial charge in [0.2, 0.25) is 0 Å². The molecule has 0 amide bonds. The smallest absolute Gasteiger partial charge is 0.337 e. The summed E-state index contributed by atoms with van der Waals surface area (Å²) in [6.07, 6.45) is -0.172. The van der Waals surface area contributed by atoms with Crippen LogP contribution in [-0.2, 0) is 9.59 Å². The fourth-order valence-corrected chi connectivity index (χ4v) is 3.36. The number of carbonyl (C=O) groups excluding carboxylic acids is 2. The monoisotopic (exact) mass is 377 g/mol. The second-order valence-corrected chi connectivity index (χ2v) is 6.61. The minimum Gasteiger partial charge on any atom is -0.478 e. The Morgan fingerprint density at radius 2 is 1.84 bits per heavy atom. The fourth-order valence-electron chi connectivity index (χ4n) is 2.96. The van der Waals surface area contributed by atoms with Crippen LogP contribution in [0.2, 0.25) is 10.0 Å². The second kappa shape index (κ2) is 6.86. The number of rotatable bonds is 4. The molecule has 0 heterocycles. The van der Waals surface area contributed by atoms with Gasteiger partial charge in [-0.3, -0.25) is 9.59 Å². The molecule has 0 aromatic heterocycles. The van der Waals surface area contributed by atoms with Crippen LogP contribution < -0.4 is 5.32 Å². The number of carboxylic acids is 1. The summed E-state index contributed by atoms with van der Waals surface area (Å²) in [6.45, 7) is 0. The van der Waals surface area contributed by atoms with Crippen LogP contribution in [-0.4, -0.2) is 28.7 Å². The molecule has 3 rings (SSSR count). The number of hydrogen-bond acceptors (Lipinski definition) is 4. The topological polar surface area (TPSA) is 83.5 Å². The van der Waals surface area contributed by atoms with Crippen molar-refractivity contribution in [1.29, 1.82) is 0 Å². The Labute approximate surface area is 153 Å². The number of nitrogens with one attached hydrogen (secondary N) is 1. The Balaban J connectivity index is 1.94. The molecule has 1 saturated carbocycles. The van der Waals surface area contributed by atoms with Gasteiger partial charge in [-0.25, -0.2) is 4.79 Å². The van der Waals surface area contributed by atoms with E-state index < -0.39 is 17.9 Å². The van der Waals surface area contributed by atoms with E-state index in [-0.39, 0.29) is 28.6 Å². The molecule has 2 unspecified atom stereocenters. The molecule has 2 atom stereocenters. The van der Waals surface area contributed by atoms with Gasteiger partial charge in [0.25, 0.3) is 0 Å². The summed E-state index contributed by atoms with van der Waals surface area (Å²) >= 11 is 11.8. The molecule has 0 radical (unpaired) electrons. The first-order chi connectivity index (χ1) is 11.9. The molecule has 0 saturated heterocycles. The number of benzene rings is 2. The Bertz CT molecular complexity index is 881. The summed E-state index contributed by atoms with van der Waals surface area (Å²) < 4.78 is 0. The largest absolute Gasteiger partial charge is 0.478 e. The number of Topliss-reactive ketones (excluding diaryl/α,β-unsaturated/α-hetero) is 2. The van der Waals surface area contributed by atoms with Crippen LogP contribution in [0.15, 0.2) is 42.5 Å². The normalized spacial score (nSPS) is 19.9. The third kappa shape index (κ3) is 3.52. The molecule has 2 N–H and O–H groups in total. The van der Waals surface area contributed by atoms with Gasteiger partial charge in [0.05, 0.1) is 29.0 Å². The van der Waals surface area contributed by atoms with Gasteiger partial charge in [-0.05, 0) is 35.9 Å². The summed E-state index contributed by atoms with van der Waals surface area (Å²) in [5.41, 5.74) is 0.970. The highest BCUT2D eigenvalue weighted by molar-refractivity contribution is 6.33. The summed E-state index contributed by atoms with van der Waals surface area (Å²) in [7, 11) is 0. The molecule has 1 aliphatic rings. The summed E-state index contributed by atoms with van der Waals surface area (Å²) in [6, 6.07) is 10.4. The number of aromatic carboxylic acids is 1. The first-order valence-corrected chi connectivity index (χ1v) is 8.22. The standard InChI is InChI=1S/C18H13Cl2NO4/c19-10-3-1-2-9(6-10)16-14(22)8-15(23)17(16)21-11-4-5-13(20)12(7-11)18(24)25/h1-7,16-17,21H,8H2,(H,24,25). The van der Waals surface area contributed by atoms with Crippen LogP contribution in [0.5, 0.6) is 0 Å². The van der Waals surface area contributed by atoms with Crippen LogP contribution in [0.4, 0.5) is 5.69 Å². The molecule has 25 heavy (non-hydrogen) atoms. The average molecular weight is 378 g/mol. The zero-order valence-corrected chi connectivity index (χ0v) is 14.3. The maximum atomic E-state index is 12.3. The van der Waals surface area contributed by atoms with Gasteiger partial charge in [0, 0.05) is 10.7 Å². The van der Waals surface area contributed by atoms with Crippen molar-refractivity contribution in [3.8, 4) is 0 Å². The van der Waals surface area contributed by atoms with Crippen LogP contribution in [0.25, 0.3) is 0 Å². The van der Waals surface area contributed by atoms with Gasteiger partial charge in [0.1, 0.15) is 5.78 Å². The molecule has 0 aliphatic heterocycles. The van der Waals surface area contributed by atoms with Crippen molar-refractivity contribution in [2.75, 3.05) is 5.32 Å². The first kappa shape index (κ1) is 17.5. The maximum Gasteiger partial charge on any atom is 0.337 e. The van der Waals surface area contributed by atoms with E-state index in [0.29, 0.717) is 16.3 Å². The Hall–Kier alpha value is -2.37. The van der Waals surface area contributed by atoms with Crippen LogP contribution >= 0.6 is 23.2 Å². The van der Waals surface area contributed by atoms with Gasteiger partial charge >= 0.3 is 5.97 Å². The van der Waals surface area contributed by atoms with E-state index in [1.807, 2.05) is 0 Å². The van der Waals surface area contributed by atoms with E-state index in [0.717, 1.165) is 0 Å². The second-order valence-electron chi connectivity index (χ2n) is 5.76. The molecule has 0 bridgehead atoms. The molecular formula is C18H13Cl2NO4. The van der Waals surface area contributed by atoms with Gasteiger partial charge in [-0.15, -0.1) is 0 Å². The molecule has 2 aromatic carbocycles. The number of carboxylic acid groups (broad SMARTS) is 1. The van der Waals surface area contributed by atoms with Crippen molar-refractivity contribution in [3.63, 3.8) is 0 Å². The van der Waals surface area contributed by atoms with Crippen molar-refractivity contribution in [3.05, 3.63) is 63.6 Å². The maximum absolute atomic E-state index is 12.3. The lowest BCUT2D eigenvalue weighted by molar-refractivity contribution is -0.122. The lowest BCUT2D eigenvalue weighted by atomic mass is 9.93. The molecule has 7 heteroatoms. The van der Waals surface area contributed by atoms with Crippen molar-refractivity contribution in [2.45, 2.75) is 18.4 Å². The van der Waals surface area contributed by atoms with Crippen molar-refractivity contribution >= 4 is 46.4 Å². The van der Waals surface area contributed by atoms with Crippen molar-refractivity contribution < 1.29 is 19.5 Å². The molecule has 5 nitrogen and oxygen atoms in total. The summed E-state index contributed by atoms with van der Waals surface area (Å²) in [5, 5.41) is 12.7. The highest BCUT2D eigenvalue weighted by Gasteiger charge is 2.42. The van der Waals surface area contributed by atoms with Crippen LogP contribution in [0.1, 0.15) is 28.3 Å². The fraction of sp³-hybridized carbons (Fsp3) is 0.167. The van der Waals surface area contributed by atoms with Crippen LogP contribution in [0, 0.1) is 0 Å². The number of anilines is 1. The SMILES string of the molecule is O=C(O)c1cc(NC2C(=O)CC(=O)C2c2cccc(Cl)c2)ccc1Cl. The lowest BCUT2D eigenvalue weighted by Crippen LogP contribution is -2.30. The molecule has 1 fully saturated rings. The van der Waals surface area contributed by atoms with E-state index >= 15 is 0 Å². The van der Waals surface area contributed by atoms with Crippen molar-refractivity contribution in [2.24, 2.45) is 0 Å². The molecule has 1 aliphatic carbocycles. The Morgan fingerprint density at radius 1 is 1.08 bits per heavy atom. The van der Waals surface area contributed by atoms with E-state index in [4.69, 9.17) is 28.3 Å². The van der Waals surface area contributed by atoms with E-state index in [1.165, 1.54) is 12.1 Å². The predicted molar refractivity (Wildman–Crippen MR) is 94.6 cm³/mol. The third-order valence-corrected chi connectivity index (χ3v) is 4.67. The summed E-state index contributed by atoms with van der Waals surface area (Å²) in [5.74, 6) is -2.29. The predicted octanol–water partition coefficient (Wildman–Crippen LogP) is 3.80. The average Bonchev–Trinajstić information content (AvgIpc) is 2.82. The van der Waals surface area contributed by atoms with Gasteiger partial charge in [-0.2, -0.15) is 0 Å². The van der Waals surface area contributed by atoms with Gasteiger partial charge in [0.15, 0.2) is 5.78 Å². The molecular weight excluding hydrogens is 365 g/mol. The molecule has 2 aromatic rings. The zero-order chi connectivity index (χ0) is 18.1. The number of ketones is 2. The minimum atomic E-state index is -1.17. The highest BCUT2D eigenvalue weighted by atomic mass is 35.5. The molecule has 128 valence electrons. The van der Waals surface area contributed by atoms with E-state index in [1.54, 1.807) is 30.3 Å². The van der Waals surface area contributed by atoms with Crippen LogP contribution in [0.3, 0.4) is 0 Å². The minimum absolute atomic E-state index is 0.0808. The van der Waals surface area contributed by atoms with Crippen molar-refractivity contribution in [1.82, 2.24) is 0 Å². The zero-order valence-electron chi connectivity index (χ0n) is 12.8. The number of carbonyl (C=O) groups is 3. The van der Waals surface area contributed by atoms with E-state index in [2.05, 4.69) is 5.32 Å².